The number of rotatable bonds is 2. The van der Waals surface area contributed by atoms with Gasteiger partial charge < -0.3 is 19.4 Å². The van der Waals surface area contributed by atoms with Crippen LogP contribution in [0.15, 0.2) is 30.7 Å². The number of nitrogens with one attached hydrogen (secondary N) is 1. The minimum Gasteiger partial charge on any atom is -0.444 e. The van der Waals surface area contributed by atoms with E-state index in [9.17, 15) is 9.59 Å². The number of anilines is 3. The van der Waals surface area contributed by atoms with Crippen LogP contribution in [0.2, 0.25) is 0 Å². The maximum atomic E-state index is 13.4. The number of fused-ring (bicyclic) bond motifs is 2. The molecule has 1 saturated heterocycles. The highest BCUT2D eigenvalue weighted by molar-refractivity contribution is 6.03. The number of amides is 3. The lowest BCUT2D eigenvalue weighted by Gasteiger charge is -2.48. The number of ether oxygens (including phenoxy) is 1. The number of pyridine rings is 2. The van der Waals surface area contributed by atoms with E-state index in [1.807, 2.05) is 68.4 Å². The second-order valence-corrected chi connectivity index (χ2v) is 11.8. The third-order valence-corrected chi connectivity index (χ3v) is 7.11. The van der Waals surface area contributed by atoms with E-state index in [0.29, 0.717) is 32.0 Å². The zero-order valence-electron chi connectivity index (χ0n) is 23.3. The van der Waals surface area contributed by atoms with Crippen LogP contribution in [0.5, 0.6) is 0 Å². The van der Waals surface area contributed by atoms with Gasteiger partial charge in [0.2, 0.25) is 0 Å². The number of nitrogens with zero attached hydrogens (tertiary/aromatic N) is 6. The molecule has 1 N–H and O–H groups in total. The van der Waals surface area contributed by atoms with E-state index in [2.05, 4.69) is 34.0 Å². The highest BCUT2D eigenvalue weighted by atomic mass is 16.6. The fraction of sp³-hybridized carbons (Fsp3) is 0.500. The number of carbonyl (C=O) groups excluding carboxylic acids is 2. The monoisotopic (exact) mass is 519 g/mol. The Morgan fingerprint density at radius 1 is 1.11 bits per heavy atom. The maximum absolute atomic E-state index is 13.4. The van der Waals surface area contributed by atoms with Crippen LogP contribution in [-0.4, -0.2) is 68.7 Å². The highest BCUT2D eigenvalue weighted by Crippen LogP contribution is 2.36. The average molecular weight is 520 g/mol. The van der Waals surface area contributed by atoms with Crippen LogP contribution >= 0.6 is 0 Å². The summed E-state index contributed by atoms with van der Waals surface area (Å²) in [5.74, 6) is 0.685. The summed E-state index contributed by atoms with van der Waals surface area (Å²) in [6.07, 6.45) is 6.03. The zero-order valence-corrected chi connectivity index (χ0v) is 23.3. The number of aromatic nitrogens is 3. The van der Waals surface area contributed by atoms with Gasteiger partial charge in [-0.1, -0.05) is 0 Å². The number of aryl methyl sites for hydroxylation is 2. The number of hydrogen-bond acceptors (Lipinski definition) is 6. The van der Waals surface area contributed by atoms with Crippen LogP contribution in [0.25, 0.3) is 5.65 Å². The Hall–Kier alpha value is -3.82. The van der Waals surface area contributed by atoms with Crippen molar-refractivity contribution in [2.45, 2.75) is 66.0 Å². The van der Waals surface area contributed by atoms with Crippen molar-refractivity contribution in [1.29, 1.82) is 0 Å². The Morgan fingerprint density at radius 3 is 2.58 bits per heavy atom. The first-order valence-electron chi connectivity index (χ1n) is 13.1. The molecule has 5 heterocycles. The fourth-order valence-electron chi connectivity index (χ4n) is 5.35. The molecule has 10 nitrogen and oxygen atoms in total. The molecule has 38 heavy (non-hydrogen) atoms. The Labute approximate surface area is 223 Å². The van der Waals surface area contributed by atoms with Crippen LogP contribution in [-0.2, 0) is 11.2 Å². The summed E-state index contributed by atoms with van der Waals surface area (Å²) in [7, 11) is 0. The van der Waals surface area contributed by atoms with E-state index in [-0.39, 0.29) is 12.1 Å². The first-order chi connectivity index (χ1) is 17.8. The van der Waals surface area contributed by atoms with Gasteiger partial charge in [-0.15, -0.1) is 0 Å². The molecule has 0 bridgehead atoms. The van der Waals surface area contributed by atoms with Crippen molar-refractivity contribution in [3.05, 3.63) is 47.5 Å². The van der Waals surface area contributed by atoms with Crippen molar-refractivity contribution in [2.75, 3.05) is 41.3 Å². The molecule has 0 radical (unpaired) electrons. The molecule has 2 aliphatic heterocycles. The largest absolute Gasteiger partial charge is 0.444 e. The van der Waals surface area contributed by atoms with E-state index in [1.165, 1.54) is 0 Å². The highest BCUT2D eigenvalue weighted by Gasteiger charge is 2.40. The number of urea groups is 1. The summed E-state index contributed by atoms with van der Waals surface area (Å²) in [5.41, 5.74) is 4.62. The van der Waals surface area contributed by atoms with Gasteiger partial charge in [-0.3, -0.25) is 9.80 Å². The molecule has 0 spiro atoms. The molecule has 0 atom stereocenters. The average Bonchev–Trinajstić information content (AvgIpc) is 3.39. The van der Waals surface area contributed by atoms with Gasteiger partial charge in [-0.25, -0.2) is 19.6 Å². The predicted octanol–water partition coefficient (Wildman–Crippen LogP) is 4.78. The SMILES string of the molecule is Cc1cn2cc(NC(=O)N3CCc4c(N5CCN(C(=O)OC(C)(C)C)C(C)(C)C5)ccnc43)c(C)cc2n1. The molecule has 0 unspecified atom stereocenters. The summed E-state index contributed by atoms with van der Waals surface area (Å²) >= 11 is 0. The normalized spacial score (nSPS) is 17.1. The lowest BCUT2D eigenvalue weighted by Crippen LogP contribution is -2.62. The third kappa shape index (κ3) is 4.87. The number of imidazole rings is 1. The molecular formula is C28H37N7O3. The minimum atomic E-state index is -0.539. The van der Waals surface area contributed by atoms with Crippen molar-refractivity contribution in [3.63, 3.8) is 0 Å². The van der Waals surface area contributed by atoms with Gasteiger partial charge in [-0.2, -0.15) is 0 Å². The van der Waals surface area contributed by atoms with Gasteiger partial charge in [0.05, 0.1) is 16.9 Å². The van der Waals surface area contributed by atoms with Crippen molar-refractivity contribution in [2.24, 2.45) is 0 Å². The van der Waals surface area contributed by atoms with Crippen molar-refractivity contribution < 1.29 is 14.3 Å². The first kappa shape index (κ1) is 25.8. The Balaban J connectivity index is 1.34. The number of hydrogen-bond donors (Lipinski definition) is 1. The third-order valence-electron chi connectivity index (χ3n) is 7.11. The van der Waals surface area contributed by atoms with Gasteiger partial charge in [0, 0.05) is 56.0 Å². The molecule has 3 aromatic heterocycles. The van der Waals surface area contributed by atoms with Crippen molar-refractivity contribution >= 4 is 35.0 Å². The molecule has 3 aromatic rings. The lowest BCUT2D eigenvalue weighted by atomic mass is 9.98. The van der Waals surface area contributed by atoms with E-state index < -0.39 is 11.1 Å². The van der Waals surface area contributed by atoms with Gasteiger partial charge in [-0.05, 0) is 72.6 Å². The summed E-state index contributed by atoms with van der Waals surface area (Å²) in [6, 6.07) is 3.77. The smallest absolute Gasteiger partial charge is 0.410 e. The van der Waals surface area contributed by atoms with E-state index >= 15 is 0 Å². The Morgan fingerprint density at radius 2 is 1.87 bits per heavy atom. The molecule has 0 aromatic carbocycles. The number of piperazine rings is 1. The van der Waals surface area contributed by atoms with Gasteiger partial charge in [0.15, 0.2) is 0 Å². The molecule has 2 aliphatic rings. The first-order valence-corrected chi connectivity index (χ1v) is 13.1. The molecule has 0 aliphatic carbocycles. The summed E-state index contributed by atoms with van der Waals surface area (Å²) in [6.45, 7) is 16.1. The van der Waals surface area contributed by atoms with Crippen LogP contribution < -0.4 is 15.1 Å². The molecule has 0 saturated carbocycles. The molecule has 3 amide bonds. The second-order valence-electron chi connectivity index (χ2n) is 11.8. The fourth-order valence-corrected chi connectivity index (χ4v) is 5.35. The summed E-state index contributed by atoms with van der Waals surface area (Å²) in [4.78, 5) is 41.1. The van der Waals surface area contributed by atoms with Crippen LogP contribution in [0.3, 0.4) is 0 Å². The van der Waals surface area contributed by atoms with Crippen LogP contribution in [0.4, 0.5) is 26.8 Å². The minimum absolute atomic E-state index is 0.206. The maximum Gasteiger partial charge on any atom is 0.410 e. The second kappa shape index (κ2) is 9.18. The summed E-state index contributed by atoms with van der Waals surface area (Å²) in [5, 5.41) is 3.07. The van der Waals surface area contributed by atoms with E-state index in [4.69, 9.17) is 4.74 Å². The van der Waals surface area contributed by atoms with Crippen LogP contribution in [0.1, 0.15) is 51.4 Å². The topological polar surface area (TPSA) is 95.3 Å². The van der Waals surface area contributed by atoms with E-state index in [0.717, 1.165) is 40.3 Å². The van der Waals surface area contributed by atoms with Gasteiger partial charge in [0.25, 0.3) is 0 Å². The standard InChI is InChI=1S/C28H37N7O3/c1-18-14-23-30-19(2)15-33(23)16-21(18)31-25(36)34-11-9-20-22(8-10-29-24(20)34)32-12-13-35(28(6,7)17-32)26(37)38-27(3,4)5/h8,10,14-16H,9,11-13,17H2,1-7H3,(H,31,36). The van der Waals surface area contributed by atoms with Gasteiger partial charge in [0.1, 0.15) is 17.1 Å². The lowest BCUT2D eigenvalue weighted by molar-refractivity contribution is 0.000364. The van der Waals surface area contributed by atoms with Gasteiger partial charge >= 0.3 is 12.1 Å². The molecular weight excluding hydrogens is 482 g/mol. The van der Waals surface area contributed by atoms with E-state index in [1.54, 1.807) is 11.1 Å². The van der Waals surface area contributed by atoms with Crippen molar-refractivity contribution in [3.8, 4) is 0 Å². The van der Waals surface area contributed by atoms with Crippen LogP contribution in [0, 0.1) is 13.8 Å². The quantitative estimate of drug-likeness (QED) is 0.524. The summed E-state index contributed by atoms with van der Waals surface area (Å²) < 4.78 is 7.57. The number of carbonyl (C=O) groups is 2. The molecule has 5 rings (SSSR count). The zero-order chi connectivity index (χ0) is 27.4. The Kier molecular flexibility index (Phi) is 6.24. The molecule has 1 fully saturated rings. The molecule has 10 heteroatoms. The molecule has 202 valence electrons. The Bertz CT molecular complexity index is 1410. The predicted molar refractivity (Wildman–Crippen MR) is 148 cm³/mol. The van der Waals surface area contributed by atoms with Crippen molar-refractivity contribution in [1.82, 2.24) is 19.3 Å².